The molecule has 146 valence electrons. The lowest BCUT2D eigenvalue weighted by Gasteiger charge is -2.31. The van der Waals surface area contributed by atoms with Crippen molar-refractivity contribution in [1.82, 2.24) is 29.7 Å². The summed E-state index contributed by atoms with van der Waals surface area (Å²) in [5.74, 6) is -0.0672. The number of likely N-dealkylation sites (tertiary alicyclic amines) is 1. The molecule has 2 amide bonds. The van der Waals surface area contributed by atoms with Gasteiger partial charge < -0.3 is 10.2 Å². The Morgan fingerprint density at radius 1 is 1.22 bits per heavy atom. The van der Waals surface area contributed by atoms with Crippen LogP contribution in [0.3, 0.4) is 0 Å². The number of carbonyl (C=O) groups is 2. The second-order valence-electron chi connectivity index (χ2n) is 7.00. The first-order valence-corrected chi connectivity index (χ1v) is 9.62. The van der Waals surface area contributed by atoms with E-state index in [-0.39, 0.29) is 17.9 Å². The van der Waals surface area contributed by atoms with Gasteiger partial charge in [-0.15, -0.1) is 0 Å². The van der Waals surface area contributed by atoms with Gasteiger partial charge in [0.15, 0.2) is 5.65 Å². The number of amides is 2. The maximum absolute atomic E-state index is 12.7. The molecule has 1 aliphatic heterocycles. The van der Waals surface area contributed by atoms with Crippen molar-refractivity contribution in [3.05, 3.63) is 29.7 Å². The molecule has 8 nitrogen and oxygen atoms in total. The summed E-state index contributed by atoms with van der Waals surface area (Å²) in [6.07, 6.45) is 6.86. The van der Waals surface area contributed by atoms with Crippen molar-refractivity contribution in [3.63, 3.8) is 0 Å². The maximum Gasteiger partial charge on any atom is 0.256 e. The second-order valence-corrected chi connectivity index (χ2v) is 7.00. The van der Waals surface area contributed by atoms with Crippen LogP contribution in [0.1, 0.15) is 49.5 Å². The van der Waals surface area contributed by atoms with Crippen molar-refractivity contribution in [1.29, 1.82) is 0 Å². The fraction of sp³-hybridized carbons (Fsp3) is 0.579. The first kappa shape index (κ1) is 19.3. The first-order valence-electron chi connectivity index (χ1n) is 9.62. The molecular weight excluding hydrogens is 344 g/mol. The highest BCUT2D eigenvalue weighted by atomic mass is 16.2. The Morgan fingerprint density at radius 2 is 1.93 bits per heavy atom. The predicted molar refractivity (Wildman–Crippen MR) is 102 cm³/mol. The monoisotopic (exact) mass is 372 g/mol. The summed E-state index contributed by atoms with van der Waals surface area (Å²) >= 11 is 0. The molecule has 2 aromatic heterocycles. The Hall–Kier alpha value is -2.48. The van der Waals surface area contributed by atoms with Crippen LogP contribution in [-0.2, 0) is 11.3 Å². The molecule has 0 spiro atoms. The lowest BCUT2D eigenvalue weighted by Crippen LogP contribution is -2.46. The third-order valence-corrected chi connectivity index (χ3v) is 5.23. The van der Waals surface area contributed by atoms with E-state index in [9.17, 15) is 9.59 Å². The van der Waals surface area contributed by atoms with Gasteiger partial charge in [-0.05, 0) is 25.9 Å². The number of piperidine rings is 1. The standard InChI is InChI=1S/C19H28N6O2/c1-4-23(5-2)12-15-10-20-18-17(11-21-25(18)13-15)19(27)22-16-6-8-24(9-7-16)14(3)26/h10-11,13,16H,4-9,12H2,1-3H3,(H,22,27). The molecule has 1 fully saturated rings. The number of carbonyl (C=O) groups excluding carboxylic acids is 2. The van der Waals surface area contributed by atoms with E-state index in [1.54, 1.807) is 17.6 Å². The Balaban J connectivity index is 1.66. The summed E-state index contributed by atoms with van der Waals surface area (Å²) in [5, 5.41) is 7.37. The van der Waals surface area contributed by atoms with Gasteiger partial charge in [-0.1, -0.05) is 13.8 Å². The van der Waals surface area contributed by atoms with Crippen LogP contribution in [0, 0.1) is 0 Å². The highest BCUT2D eigenvalue weighted by Gasteiger charge is 2.24. The van der Waals surface area contributed by atoms with Crippen LogP contribution in [0.15, 0.2) is 18.6 Å². The zero-order valence-corrected chi connectivity index (χ0v) is 16.3. The lowest BCUT2D eigenvalue weighted by atomic mass is 10.0. The summed E-state index contributed by atoms with van der Waals surface area (Å²) in [6.45, 7) is 9.97. The number of fused-ring (bicyclic) bond motifs is 1. The lowest BCUT2D eigenvalue weighted by molar-refractivity contribution is -0.129. The molecule has 0 aliphatic carbocycles. The molecular formula is C19H28N6O2. The predicted octanol–water partition coefficient (Wildman–Crippen LogP) is 1.31. The van der Waals surface area contributed by atoms with Crippen molar-refractivity contribution in [2.75, 3.05) is 26.2 Å². The smallest absolute Gasteiger partial charge is 0.256 e. The zero-order chi connectivity index (χ0) is 19.4. The van der Waals surface area contributed by atoms with E-state index in [2.05, 4.69) is 34.1 Å². The van der Waals surface area contributed by atoms with E-state index >= 15 is 0 Å². The zero-order valence-electron chi connectivity index (χ0n) is 16.3. The summed E-state index contributed by atoms with van der Waals surface area (Å²) in [6, 6.07) is 0.0741. The number of nitrogens with one attached hydrogen (secondary N) is 1. The van der Waals surface area contributed by atoms with E-state index in [0.29, 0.717) is 24.3 Å². The van der Waals surface area contributed by atoms with Gasteiger partial charge in [0.05, 0.1) is 6.20 Å². The van der Waals surface area contributed by atoms with Crippen LogP contribution >= 0.6 is 0 Å². The number of nitrogens with zero attached hydrogens (tertiary/aromatic N) is 5. The second kappa shape index (κ2) is 8.47. The van der Waals surface area contributed by atoms with Gasteiger partial charge >= 0.3 is 0 Å². The van der Waals surface area contributed by atoms with Crippen molar-refractivity contribution in [3.8, 4) is 0 Å². The van der Waals surface area contributed by atoms with Crippen molar-refractivity contribution < 1.29 is 9.59 Å². The van der Waals surface area contributed by atoms with Gasteiger partial charge in [0.1, 0.15) is 5.56 Å². The van der Waals surface area contributed by atoms with Gasteiger partial charge in [-0.3, -0.25) is 14.5 Å². The third-order valence-electron chi connectivity index (χ3n) is 5.23. The van der Waals surface area contributed by atoms with Crippen molar-refractivity contribution >= 4 is 17.5 Å². The summed E-state index contributed by atoms with van der Waals surface area (Å²) in [5.41, 5.74) is 2.12. The molecule has 8 heteroatoms. The summed E-state index contributed by atoms with van der Waals surface area (Å²) in [7, 11) is 0. The summed E-state index contributed by atoms with van der Waals surface area (Å²) in [4.78, 5) is 32.7. The van der Waals surface area contributed by atoms with Crippen LogP contribution in [0.5, 0.6) is 0 Å². The van der Waals surface area contributed by atoms with E-state index < -0.39 is 0 Å². The highest BCUT2D eigenvalue weighted by Crippen LogP contribution is 2.14. The number of aromatic nitrogens is 3. The van der Waals surface area contributed by atoms with Crippen molar-refractivity contribution in [2.24, 2.45) is 0 Å². The van der Waals surface area contributed by atoms with Gasteiger partial charge in [0, 0.05) is 50.6 Å². The molecule has 0 atom stereocenters. The molecule has 0 radical (unpaired) electrons. The first-order chi connectivity index (χ1) is 13.0. The molecule has 0 unspecified atom stereocenters. The molecule has 0 aromatic carbocycles. The van der Waals surface area contributed by atoms with Gasteiger partial charge in [0.2, 0.25) is 5.91 Å². The normalized spacial score (nSPS) is 15.5. The molecule has 3 heterocycles. The molecule has 1 saturated heterocycles. The minimum Gasteiger partial charge on any atom is -0.349 e. The SMILES string of the molecule is CCN(CC)Cc1cnc2c(C(=O)NC3CCN(C(C)=O)CC3)cnn2c1. The molecule has 1 aliphatic rings. The minimum atomic E-state index is -0.157. The molecule has 2 aromatic rings. The average Bonchev–Trinajstić information content (AvgIpc) is 3.09. The molecule has 0 bridgehead atoms. The van der Waals surface area contributed by atoms with Gasteiger partial charge in [0.25, 0.3) is 5.91 Å². The van der Waals surface area contributed by atoms with E-state index in [4.69, 9.17) is 0 Å². The van der Waals surface area contributed by atoms with E-state index in [1.807, 2.05) is 17.3 Å². The Labute approximate surface area is 159 Å². The van der Waals surface area contributed by atoms with Crippen molar-refractivity contribution in [2.45, 2.75) is 46.2 Å². The Morgan fingerprint density at radius 3 is 2.56 bits per heavy atom. The minimum absolute atomic E-state index is 0.0741. The molecule has 0 saturated carbocycles. The fourth-order valence-electron chi connectivity index (χ4n) is 3.46. The van der Waals surface area contributed by atoms with Crippen LogP contribution in [-0.4, -0.2) is 68.4 Å². The average molecular weight is 372 g/mol. The Kier molecular flexibility index (Phi) is 6.05. The Bertz CT molecular complexity index is 806. The van der Waals surface area contributed by atoms with Crippen LogP contribution < -0.4 is 5.32 Å². The topological polar surface area (TPSA) is 82.8 Å². The number of rotatable bonds is 6. The van der Waals surface area contributed by atoms with Gasteiger partial charge in [-0.2, -0.15) is 5.10 Å². The summed E-state index contributed by atoms with van der Waals surface area (Å²) < 4.78 is 1.67. The third kappa shape index (κ3) is 4.44. The van der Waals surface area contributed by atoms with Crippen LogP contribution in [0.4, 0.5) is 0 Å². The van der Waals surface area contributed by atoms with E-state index in [1.165, 1.54) is 0 Å². The maximum atomic E-state index is 12.7. The van der Waals surface area contributed by atoms with Crippen LogP contribution in [0.25, 0.3) is 5.65 Å². The molecule has 27 heavy (non-hydrogen) atoms. The molecule has 3 rings (SSSR count). The van der Waals surface area contributed by atoms with Crippen LogP contribution in [0.2, 0.25) is 0 Å². The number of hydrogen-bond donors (Lipinski definition) is 1. The highest BCUT2D eigenvalue weighted by molar-refractivity contribution is 5.99. The van der Waals surface area contributed by atoms with Gasteiger partial charge in [-0.25, -0.2) is 9.50 Å². The quantitative estimate of drug-likeness (QED) is 0.827. The molecule has 1 N–H and O–H groups in total. The largest absolute Gasteiger partial charge is 0.349 e. The number of hydrogen-bond acceptors (Lipinski definition) is 5. The van der Waals surface area contributed by atoms with E-state index in [0.717, 1.165) is 38.0 Å². The fourth-order valence-corrected chi connectivity index (χ4v) is 3.46.